The lowest BCUT2D eigenvalue weighted by Gasteiger charge is -2.33. The molecule has 0 radical (unpaired) electrons. The number of hydrogen-bond acceptors (Lipinski definition) is 6. The van der Waals surface area contributed by atoms with E-state index in [4.69, 9.17) is 9.26 Å². The van der Waals surface area contributed by atoms with E-state index in [9.17, 15) is 13.2 Å². The SMILES string of the molecule is COc1cc2ccccc2cc1-c1noc(S(=O)(=O)N2CCN(C(=O)c3ccc[nH]3)CC2)c1C. The van der Waals surface area contributed by atoms with Crippen LogP contribution >= 0.6 is 0 Å². The second-order valence-corrected chi connectivity index (χ2v) is 9.96. The maximum atomic E-state index is 13.4. The van der Waals surface area contributed by atoms with E-state index in [1.165, 1.54) is 4.31 Å². The molecule has 1 aliphatic heterocycles. The van der Waals surface area contributed by atoms with E-state index < -0.39 is 10.0 Å². The topological polar surface area (TPSA) is 109 Å². The molecule has 0 spiro atoms. The summed E-state index contributed by atoms with van der Waals surface area (Å²) in [6, 6.07) is 15.1. The summed E-state index contributed by atoms with van der Waals surface area (Å²) in [6.45, 7) is 2.59. The van der Waals surface area contributed by atoms with Gasteiger partial charge in [0.05, 0.1) is 7.11 Å². The number of fused-ring (bicyclic) bond motifs is 1. The number of rotatable bonds is 5. The van der Waals surface area contributed by atoms with Crippen molar-refractivity contribution < 1.29 is 22.5 Å². The molecule has 2 aromatic heterocycles. The summed E-state index contributed by atoms with van der Waals surface area (Å²) >= 11 is 0. The van der Waals surface area contributed by atoms with Crippen LogP contribution in [0.1, 0.15) is 16.1 Å². The van der Waals surface area contributed by atoms with Gasteiger partial charge in [0.15, 0.2) is 0 Å². The van der Waals surface area contributed by atoms with Crippen molar-refractivity contribution in [1.82, 2.24) is 19.3 Å². The number of aromatic nitrogens is 2. The molecule has 1 amide bonds. The Bertz CT molecular complexity index is 1450. The van der Waals surface area contributed by atoms with Crippen LogP contribution in [0.2, 0.25) is 0 Å². The van der Waals surface area contributed by atoms with Crippen LogP contribution in [0.25, 0.3) is 22.0 Å². The zero-order chi connectivity index (χ0) is 23.9. The van der Waals surface area contributed by atoms with Crippen molar-refractivity contribution in [2.24, 2.45) is 0 Å². The van der Waals surface area contributed by atoms with Gasteiger partial charge in [-0.15, -0.1) is 0 Å². The molecule has 1 fully saturated rings. The average Bonchev–Trinajstić information content (AvgIpc) is 3.53. The van der Waals surface area contributed by atoms with Crippen LogP contribution in [-0.4, -0.2) is 67.0 Å². The first kappa shape index (κ1) is 22.2. The van der Waals surface area contributed by atoms with E-state index in [2.05, 4.69) is 10.1 Å². The number of methoxy groups -OCH3 is 1. The Labute approximate surface area is 197 Å². The van der Waals surface area contributed by atoms with Crippen molar-refractivity contribution in [3.63, 3.8) is 0 Å². The van der Waals surface area contributed by atoms with Gasteiger partial charge < -0.3 is 19.1 Å². The van der Waals surface area contributed by atoms with Gasteiger partial charge in [-0.1, -0.05) is 29.4 Å². The number of H-pyrrole nitrogens is 1. The molecule has 0 atom stereocenters. The summed E-state index contributed by atoms with van der Waals surface area (Å²) in [7, 11) is -2.36. The predicted molar refractivity (Wildman–Crippen MR) is 126 cm³/mol. The van der Waals surface area contributed by atoms with E-state index in [0.29, 0.717) is 28.3 Å². The second kappa shape index (κ2) is 8.62. The summed E-state index contributed by atoms with van der Waals surface area (Å²) in [4.78, 5) is 17.1. The van der Waals surface area contributed by atoms with E-state index in [0.717, 1.165) is 10.8 Å². The number of ether oxygens (including phenoxy) is 1. The Morgan fingerprint density at radius 3 is 2.41 bits per heavy atom. The number of nitrogens with zero attached hydrogens (tertiary/aromatic N) is 3. The molecule has 9 nitrogen and oxygen atoms in total. The highest BCUT2D eigenvalue weighted by molar-refractivity contribution is 7.89. The standard InChI is InChI=1S/C24H24N4O5S/c1-16-22(19-14-17-6-3-4-7-18(17)15-21(19)32-2)26-33-24(16)34(30,31)28-12-10-27(11-13-28)23(29)20-8-5-9-25-20/h3-9,14-15,25H,10-13H2,1-2H3. The quantitative estimate of drug-likeness (QED) is 0.470. The second-order valence-electron chi connectivity index (χ2n) is 8.12. The van der Waals surface area contributed by atoms with Crippen LogP contribution in [0, 0.1) is 6.92 Å². The Balaban J connectivity index is 1.41. The van der Waals surface area contributed by atoms with Gasteiger partial charge in [-0.05, 0) is 42.0 Å². The number of carbonyl (C=O) groups excluding carboxylic acids is 1. The zero-order valence-electron chi connectivity index (χ0n) is 18.8. The number of benzene rings is 2. The molecular formula is C24H24N4O5S. The minimum absolute atomic E-state index is 0.149. The Kier molecular flexibility index (Phi) is 5.62. The number of hydrogen-bond donors (Lipinski definition) is 1. The summed E-state index contributed by atoms with van der Waals surface area (Å²) in [5, 5.41) is 5.90. The van der Waals surface area contributed by atoms with Gasteiger partial charge in [0.2, 0.25) is 0 Å². The molecule has 10 heteroatoms. The summed E-state index contributed by atoms with van der Waals surface area (Å²) in [6.07, 6.45) is 1.68. The fourth-order valence-corrected chi connectivity index (χ4v) is 5.76. The lowest BCUT2D eigenvalue weighted by molar-refractivity contribution is 0.0691. The molecular weight excluding hydrogens is 456 g/mol. The molecule has 3 heterocycles. The van der Waals surface area contributed by atoms with Crippen molar-refractivity contribution in [2.75, 3.05) is 33.3 Å². The van der Waals surface area contributed by atoms with Gasteiger partial charge >= 0.3 is 0 Å². The Morgan fingerprint density at radius 1 is 1.06 bits per heavy atom. The number of carbonyl (C=O) groups is 1. The largest absolute Gasteiger partial charge is 0.496 e. The predicted octanol–water partition coefficient (Wildman–Crippen LogP) is 3.29. The fraction of sp³-hybridized carbons (Fsp3) is 0.250. The van der Waals surface area contributed by atoms with Gasteiger partial charge in [0, 0.05) is 43.5 Å². The van der Waals surface area contributed by atoms with Crippen molar-refractivity contribution in [3.05, 3.63) is 66.0 Å². The van der Waals surface area contributed by atoms with E-state index in [-0.39, 0.29) is 37.2 Å². The summed E-state index contributed by atoms with van der Waals surface area (Å²) in [5.74, 6) is 0.430. The smallest absolute Gasteiger partial charge is 0.279 e. The maximum Gasteiger partial charge on any atom is 0.279 e. The minimum atomic E-state index is -3.93. The highest BCUT2D eigenvalue weighted by atomic mass is 32.2. The van der Waals surface area contributed by atoms with E-state index >= 15 is 0 Å². The van der Waals surface area contributed by atoms with Crippen LogP contribution < -0.4 is 4.74 Å². The van der Waals surface area contributed by atoms with Crippen LogP contribution in [0.3, 0.4) is 0 Å². The number of piperazine rings is 1. The number of aromatic amines is 1. The Morgan fingerprint density at radius 2 is 1.76 bits per heavy atom. The first-order valence-electron chi connectivity index (χ1n) is 10.9. The minimum Gasteiger partial charge on any atom is -0.496 e. The highest BCUT2D eigenvalue weighted by Gasteiger charge is 2.35. The van der Waals surface area contributed by atoms with Crippen LogP contribution in [0.4, 0.5) is 0 Å². The Hall–Kier alpha value is -3.63. The van der Waals surface area contributed by atoms with E-state index in [1.54, 1.807) is 37.3 Å². The molecule has 0 unspecified atom stereocenters. The van der Waals surface area contributed by atoms with Crippen LogP contribution in [0.15, 0.2) is 64.3 Å². The van der Waals surface area contributed by atoms with Crippen LogP contribution in [-0.2, 0) is 10.0 Å². The fourth-order valence-electron chi connectivity index (χ4n) is 4.27. The van der Waals surface area contributed by atoms with Gasteiger partial charge in [-0.25, -0.2) is 8.42 Å². The first-order chi connectivity index (χ1) is 16.4. The normalized spacial score (nSPS) is 15.1. The summed E-state index contributed by atoms with van der Waals surface area (Å²) < 4.78 is 39.0. The molecule has 4 aromatic rings. The molecule has 0 saturated carbocycles. The van der Waals surface area contributed by atoms with Crippen molar-refractivity contribution >= 4 is 26.7 Å². The molecule has 34 heavy (non-hydrogen) atoms. The lowest BCUT2D eigenvalue weighted by Crippen LogP contribution is -2.50. The molecule has 0 bridgehead atoms. The van der Waals surface area contributed by atoms with Gasteiger partial charge in [0.25, 0.3) is 21.0 Å². The van der Waals surface area contributed by atoms with Gasteiger partial charge in [-0.2, -0.15) is 4.31 Å². The number of nitrogens with one attached hydrogen (secondary N) is 1. The summed E-state index contributed by atoms with van der Waals surface area (Å²) in [5.41, 5.74) is 1.97. The molecule has 0 aliphatic carbocycles. The lowest BCUT2D eigenvalue weighted by atomic mass is 10.0. The van der Waals surface area contributed by atoms with Crippen LogP contribution in [0.5, 0.6) is 5.75 Å². The highest BCUT2D eigenvalue weighted by Crippen LogP contribution is 2.37. The monoisotopic (exact) mass is 480 g/mol. The van der Waals surface area contributed by atoms with Crippen molar-refractivity contribution in [3.8, 4) is 17.0 Å². The molecule has 1 aliphatic rings. The third-order valence-corrected chi connectivity index (χ3v) is 8.03. The maximum absolute atomic E-state index is 13.4. The molecule has 176 valence electrons. The molecule has 5 rings (SSSR count). The average molecular weight is 481 g/mol. The molecule has 2 aromatic carbocycles. The number of sulfonamides is 1. The third kappa shape index (κ3) is 3.74. The molecule has 1 saturated heterocycles. The third-order valence-electron chi connectivity index (χ3n) is 6.13. The zero-order valence-corrected chi connectivity index (χ0v) is 19.6. The van der Waals surface area contributed by atoms with Crippen molar-refractivity contribution in [2.45, 2.75) is 12.0 Å². The van der Waals surface area contributed by atoms with Gasteiger partial charge in [-0.3, -0.25) is 4.79 Å². The molecule has 1 N–H and O–H groups in total. The van der Waals surface area contributed by atoms with Crippen molar-refractivity contribution in [1.29, 1.82) is 0 Å². The number of amides is 1. The first-order valence-corrected chi connectivity index (χ1v) is 12.3. The van der Waals surface area contributed by atoms with Gasteiger partial charge in [0.1, 0.15) is 17.1 Å². The van der Waals surface area contributed by atoms with E-state index in [1.807, 2.05) is 36.4 Å².